The molecule has 1 aliphatic heterocycles. The molecule has 1 heterocycles. The third kappa shape index (κ3) is 3.82. The molecule has 1 fully saturated rings. The Balaban J connectivity index is 0.00000144. The number of hydrogen-bond donors (Lipinski definition) is 2. The molecule has 1 aromatic carbocycles. The smallest absolute Gasteiger partial charge is 0.240 e. The van der Waals surface area contributed by atoms with Crippen molar-refractivity contribution in [2.24, 2.45) is 0 Å². The second-order valence-electron chi connectivity index (χ2n) is 3.77. The fourth-order valence-electron chi connectivity index (χ4n) is 1.68. The average molecular weight is 297 g/mol. The van der Waals surface area contributed by atoms with Gasteiger partial charge in [0.05, 0.1) is 4.90 Å². The number of halogens is 2. The Morgan fingerprint density at radius 3 is 2.76 bits per heavy atom. The second-order valence-corrected chi connectivity index (χ2v) is 5.92. The molecule has 1 atom stereocenters. The van der Waals surface area contributed by atoms with Gasteiger partial charge in [-0.25, -0.2) is 13.1 Å². The number of hydrogen-bond acceptors (Lipinski definition) is 3. The van der Waals surface area contributed by atoms with Crippen LogP contribution in [0.25, 0.3) is 0 Å². The molecular weight excluding hydrogens is 283 g/mol. The van der Waals surface area contributed by atoms with E-state index in [1.165, 1.54) is 12.1 Å². The van der Waals surface area contributed by atoms with Crippen LogP contribution in [0.4, 0.5) is 0 Å². The van der Waals surface area contributed by atoms with E-state index in [4.69, 9.17) is 11.6 Å². The summed E-state index contributed by atoms with van der Waals surface area (Å²) < 4.78 is 26.5. The molecule has 4 nitrogen and oxygen atoms in total. The highest BCUT2D eigenvalue weighted by Gasteiger charge is 2.22. The molecule has 2 rings (SSSR count). The summed E-state index contributed by atoms with van der Waals surface area (Å²) in [6.45, 7) is 1.53. The molecule has 0 aromatic heterocycles. The van der Waals surface area contributed by atoms with E-state index < -0.39 is 10.0 Å². The lowest BCUT2D eigenvalue weighted by atomic mass is 10.3. The van der Waals surface area contributed by atoms with E-state index in [9.17, 15) is 8.42 Å². The first-order valence-corrected chi connectivity index (χ1v) is 6.93. The minimum absolute atomic E-state index is 0. The topological polar surface area (TPSA) is 58.2 Å². The first-order valence-electron chi connectivity index (χ1n) is 5.06. The molecule has 7 heteroatoms. The first kappa shape index (κ1) is 14.7. The Bertz CT molecular complexity index is 473. The highest BCUT2D eigenvalue weighted by atomic mass is 35.5. The van der Waals surface area contributed by atoms with E-state index in [2.05, 4.69) is 10.0 Å². The van der Waals surface area contributed by atoms with E-state index in [0.717, 1.165) is 13.0 Å². The summed E-state index contributed by atoms with van der Waals surface area (Å²) in [5, 5.41) is 3.53. The molecule has 2 N–H and O–H groups in total. The SMILES string of the molecule is Cl.O=S(=O)(NC1CCNC1)c1cccc(Cl)c1. The second kappa shape index (κ2) is 6.02. The molecule has 0 bridgehead atoms. The van der Waals surface area contributed by atoms with Crippen LogP contribution >= 0.6 is 24.0 Å². The molecule has 0 amide bonds. The zero-order valence-corrected chi connectivity index (χ0v) is 11.4. The van der Waals surface area contributed by atoms with Crippen LogP contribution in [0, 0.1) is 0 Å². The van der Waals surface area contributed by atoms with Crippen molar-refractivity contribution in [3.05, 3.63) is 29.3 Å². The van der Waals surface area contributed by atoms with Crippen molar-refractivity contribution < 1.29 is 8.42 Å². The van der Waals surface area contributed by atoms with Crippen molar-refractivity contribution in [1.29, 1.82) is 0 Å². The van der Waals surface area contributed by atoms with Gasteiger partial charge in [0.25, 0.3) is 0 Å². The fraction of sp³-hybridized carbons (Fsp3) is 0.400. The Kier molecular flexibility index (Phi) is 5.22. The predicted molar refractivity (Wildman–Crippen MR) is 70.3 cm³/mol. The molecule has 0 radical (unpaired) electrons. The van der Waals surface area contributed by atoms with Crippen LogP contribution in [-0.4, -0.2) is 27.5 Å². The monoisotopic (exact) mass is 296 g/mol. The molecule has 96 valence electrons. The maximum atomic E-state index is 11.9. The van der Waals surface area contributed by atoms with Crippen LogP contribution in [0.15, 0.2) is 29.2 Å². The van der Waals surface area contributed by atoms with Crippen LogP contribution in [0.1, 0.15) is 6.42 Å². The van der Waals surface area contributed by atoms with Crippen LogP contribution in [0.2, 0.25) is 5.02 Å². The minimum atomic E-state index is -3.44. The summed E-state index contributed by atoms with van der Waals surface area (Å²) in [6, 6.07) is 6.24. The number of sulfonamides is 1. The van der Waals surface area contributed by atoms with Crippen molar-refractivity contribution in [2.45, 2.75) is 17.4 Å². The van der Waals surface area contributed by atoms with Crippen LogP contribution in [-0.2, 0) is 10.0 Å². The zero-order valence-electron chi connectivity index (χ0n) is 9.02. The Hall–Kier alpha value is -0.330. The van der Waals surface area contributed by atoms with Crippen molar-refractivity contribution >= 4 is 34.0 Å². The Morgan fingerprint density at radius 1 is 1.41 bits per heavy atom. The molecule has 17 heavy (non-hydrogen) atoms. The van der Waals surface area contributed by atoms with Crippen molar-refractivity contribution in [3.8, 4) is 0 Å². The van der Waals surface area contributed by atoms with Crippen molar-refractivity contribution in [3.63, 3.8) is 0 Å². The van der Waals surface area contributed by atoms with E-state index >= 15 is 0 Å². The van der Waals surface area contributed by atoms with E-state index in [1.807, 2.05) is 0 Å². The van der Waals surface area contributed by atoms with Crippen molar-refractivity contribution in [2.75, 3.05) is 13.1 Å². The lowest BCUT2D eigenvalue weighted by Crippen LogP contribution is -2.36. The summed E-state index contributed by atoms with van der Waals surface area (Å²) in [5.74, 6) is 0. The summed E-state index contributed by atoms with van der Waals surface area (Å²) >= 11 is 5.76. The van der Waals surface area contributed by atoms with Gasteiger partial charge in [0.1, 0.15) is 0 Å². The number of nitrogens with one attached hydrogen (secondary N) is 2. The lowest BCUT2D eigenvalue weighted by molar-refractivity contribution is 0.560. The maximum Gasteiger partial charge on any atom is 0.240 e. The first-order chi connectivity index (χ1) is 7.58. The largest absolute Gasteiger partial charge is 0.315 e. The highest BCUT2D eigenvalue weighted by molar-refractivity contribution is 7.89. The quantitative estimate of drug-likeness (QED) is 0.886. The van der Waals surface area contributed by atoms with Gasteiger partial charge in [-0.3, -0.25) is 0 Å². The molecule has 1 unspecified atom stereocenters. The molecule has 1 aromatic rings. The minimum Gasteiger partial charge on any atom is -0.315 e. The lowest BCUT2D eigenvalue weighted by Gasteiger charge is -2.11. The van der Waals surface area contributed by atoms with Crippen molar-refractivity contribution in [1.82, 2.24) is 10.0 Å². The van der Waals surface area contributed by atoms with Gasteiger partial charge in [-0.15, -0.1) is 12.4 Å². The van der Waals surface area contributed by atoms with Crippen LogP contribution < -0.4 is 10.0 Å². The fourth-order valence-corrected chi connectivity index (χ4v) is 3.25. The summed E-state index contributed by atoms with van der Waals surface area (Å²) in [5.41, 5.74) is 0. The van der Waals surface area contributed by atoms with Gasteiger partial charge in [-0.1, -0.05) is 17.7 Å². The van der Waals surface area contributed by atoms with Gasteiger partial charge in [0.2, 0.25) is 10.0 Å². The average Bonchev–Trinajstić information content (AvgIpc) is 2.70. The van der Waals surface area contributed by atoms with Gasteiger partial charge < -0.3 is 5.32 Å². The van der Waals surface area contributed by atoms with Gasteiger partial charge >= 0.3 is 0 Å². The third-order valence-corrected chi connectivity index (χ3v) is 4.24. The summed E-state index contributed by atoms with van der Waals surface area (Å²) in [7, 11) is -3.44. The molecule has 1 aliphatic rings. The van der Waals surface area contributed by atoms with Crippen LogP contribution in [0.5, 0.6) is 0 Å². The van der Waals surface area contributed by atoms with E-state index in [1.54, 1.807) is 12.1 Å². The van der Waals surface area contributed by atoms with E-state index in [-0.39, 0.29) is 23.3 Å². The summed E-state index contributed by atoms with van der Waals surface area (Å²) in [4.78, 5) is 0.215. The molecule has 1 saturated heterocycles. The zero-order chi connectivity index (χ0) is 11.6. The van der Waals surface area contributed by atoms with Gasteiger partial charge in [0, 0.05) is 17.6 Å². The van der Waals surface area contributed by atoms with E-state index in [0.29, 0.717) is 11.6 Å². The highest BCUT2D eigenvalue weighted by Crippen LogP contribution is 2.16. The Morgan fingerprint density at radius 2 is 2.18 bits per heavy atom. The Labute approximate surface area is 112 Å². The molecular formula is C10H14Cl2N2O2S. The normalized spacial score (nSPS) is 19.9. The van der Waals surface area contributed by atoms with Gasteiger partial charge in [0.15, 0.2) is 0 Å². The number of benzene rings is 1. The van der Waals surface area contributed by atoms with Gasteiger partial charge in [-0.05, 0) is 31.2 Å². The summed E-state index contributed by atoms with van der Waals surface area (Å²) in [6.07, 6.45) is 0.819. The standard InChI is InChI=1S/C10H13ClN2O2S.ClH/c11-8-2-1-3-10(6-8)16(14,15)13-9-4-5-12-7-9;/h1-3,6,9,12-13H,4-5,7H2;1H. The predicted octanol–water partition coefficient (Wildman–Crippen LogP) is 1.40. The van der Waals surface area contributed by atoms with Gasteiger partial charge in [-0.2, -0.15) is 0 Å². The molecule has 0 aliphatic carbocycles. The third-order valence-electron chi connectivity index (χ3n) is 2.49. The molecule has 0 spiro atoms. The molecule has 0 saturated carbocycles. The maximum absolute atomic E-state index is 11.9. The number of rotatable bonds is 3. The van der Waals surface area contributed by atoms with Crippen LogP contribution in [0.3, 0.4) is 0 Å².